The van der Waals surface area contributed by atoms with Crippen LogP contribution in [0.15, 0.2) is 12.2 Å². The maximum atomic E-state index is 12.5. The van der Waals surface area contributed by atoms with Gasteiger partial charge in [-0.25, -0.2) is 4.57 Å². The number of aliphatic hydroxyl groups is 1. The molecule has 0 aliphatic rings. The summed E-state index contributed by atoms with van der Waals surface area (Å²) in [5.41, 5.74) is 0. The molecule has 3 atom stereocenters. The van der Waals surface area contributed by atoms with E-state index in [1.165, 1.54) is 103 Å². The normalized spacial score (nSPS) is 14.8. The molecule has 0 saturated heterocycles. The maximum Gasteiger partial charge on any atom is 0.472 e. The van der Waals surface area contributed by atoms with Crippen LogP contribution in [0.2, 0.25) is 0 Å². The molecule has 0 heterocycles. The van der Waals surface area contributed by atoms with Crippen LogP contribution in [0.1, 0.15) is 168 Å². The fourth-order valence-electron chi connectivity index (χ4n) is 5.39. The molecule has 0 aliphatic carbocycles. The Morgan fingerprint density at radius 1 is 0.717 bits per heavy atom. The second kappa shape index (κ2) is 30.3. The SMILES string of the molecule is CCCCCCCCCCCCCCCCCCCC/C=C/C(O)C(COP(=O)(O)OCC[N+](C)(C)C)NC(=O)CCCCCC. The molecular formula is C37H76N2O6P+. The van der Waals surface area contributed by atoms with Gasteiger partial charge < -0.3 is 19.8 Å². The molecule has 1 amide bonds. The summed E-state index contributed by atoms with van der Waals surface area (Å²) < 4.78 is 23.3. The van der Waals surface area contributed by atoms with Crippen molar-refractivity contribution in [3.8, 4) is 0 Å². The first-order chi connectivity index (χ1) is 22.0. The van der Waals surface area contributed by atoms with Gasteiger partial charge in [0.2, 0.25) is 5.91 Å². The van der Waals surface area contributed by atoms with Gasteiger partial charge in [-0.2, -0.15) is 0 Å². The molecule has 0 radical (unpaired) electrons. The summed E-state index contributed by atoms with van der Waals surface area (Å²) in [5, 5.41) is 13.6. The van der Waals surface area contributed by atoms with Crippen molar-refractivity contribution < 1.29 is 32.9 Å². The molecule has 0 spiro atoms. The largest absolute Gasteiger partial charge is 0.472 e. The van der Waals surface area contributed by atoms with E-state index in [-0.39, 0.29) is 19.1 Å². The number of likely N-dealkylation sites (N-methyl/N-ethyl adjacent to an activating group) is 1. The van der Waals surface area contributed by atoms with Gasteiger partial charge in [0.1, 0.15) is 13.2 Å². The van der Waals surface area contributed by atoms with Gasteiger partial charge in [-0.1, -0.05) is 154 Å². The van der Waals surface area contributed by atoms with Crippen LogP contribution in [-0.2, 0) is 18.4 Å². The monoisotopic (exact) mass is 676 g/mol. The topological polar surface area (TPSA) is 105 Å². The second-order valence-electron chi connectivity index (χ2n) is 14.3. The minimum absolute atomic E-state index is 0.0631. The number of allylic oxidation sites excluding steroid dienone is 1. The Morgan fingerprint density at radius 2 is 1.15 bits per heavy atom. The molecule has 0 rings (SSSR count). The lowest BCUT2D eigenvalue weighted by atomic mass is 10.0. The Kier molecular flexibility index (Phi) is 29.8. The lowest BCUT2D eigenvalue weighted by Crippen LogP contribution is -2.45. The zero-order valence-electron chi connectivity index (χ0n) is 30.8. The molecule has 274 valence electrons. The van der Waals surface area contributed by atoms with Crippen LogP contribution in [0.5, 0.6) is 0 Å². The van der Waals surface area contributed by atoms with Gasteiger partial charge in [-0.05, 0) is 19.3 Å². The first-order valence-electron chi connectivity index (χ1n) is 19.1. The van der Waals surface area contributed by atoms with Crippen molar-refractivity contribution >= 4 is 13.7 Å². The molecule has 9 heteroatoms. The third-order valence-corrected chi connectivity index (χ3v) is 9.49. The minimum Gasteiger partial charge on any atom is -0.387 e. The van der Waals surface area contributed by atoms with Crippen molar-refractivity contribution in [1.29, 1.82) is 0 Å². The van der Waals surface area contributed by atoms with E-state index in [2.05, 4.69) is 19.2 Å². The first kappa shape index (κ1) is 45.2. The number of quaternary nitrogens is 1. The fraction of sp³-hybridized carbons (Fsp3) is 0.919. The fourth-order valence-corrected chi connectivity index (χ4v) is 6.13. The maximum absolute atomic E-state index is 12.5. The van der Waals surface area contributed by atoms with Crippen LogP contribution in [0.4, 0.5) is 0 Å². The Labute approximate surface area is 284 Å². The summed E-state index contributed by atoms with van der Waals surface area (Å²) in [7, 11) is 1.57. The number of aliphatic hydroxyl groups excluding tert-OH is 1. The van der Waals surface area contributed by atoms with E-state index >= 15 is 0 Å². The van der Waals surface area contributed by atoms with Crippen molar-refractivity contribution in [1.82, 2.24) is 5.32 Å². The molecule has 46 heavy (non-hydrogen) atoms. The number of phosphoric acid groups is 1. The second-order valence-corrected chi connectivity index (χ2v) is 15.8. The van der Waals surface area contributed by atoms with E-state index in [0.717, 1.165) is 44.9 Å². The predicted molar refractivity (Wildman–Crippen MR) is 194 cm³/mol. The van der Waals surface area contributed by atoms with Gasteiger partial charge in [0, 0.05) is 6.42 Å². The zero-order chi connectivity index (χ0) is 34.4. The van der Waals surface area contributed by atoms with E-state index in [9.17, 15) is 19.4 Å². The molecule has 3 unspecified atom stereocenters. The first-order valence-corrected chi connectivity index (χ1v) is 20.6. The number of hydrogen-bond acceptors (Lipinski definition) is 5. The average Bonchev–Trinajstić information content (AvgIpc) is 2.99. The number of carbonyl (C=O) groups is 1. The van der Waals surface area contributed by atoms with Crippen LogP contribution in [-0.4, -0.2) is 73.4 Å². The number of carbonyl (C=O) groups excluding carboxylic acids is 1. The van der Waals surface area contributed by atoms with Crippen molar-refractivity contribution in [2.24, 2.45) is 0 Å². The standard InChI is InChI=1S/C37H75N2O6P/c1-6-8-10-12-13-14-15-16-17-18-19-20-21-22-23-24-25-26-27-28-30-36(40)35(38-37(41)31-29-11-9-7-2)34-45-46(42,43)44-33-32-39(3,4)5/h28,30,35-36,40H,6-27,29,31-34H2,1-5H3,(H-,38,41,42,43)/p+1/b30-28+. The van der Waals surface area contributed by atoms with Crippen molar-refractivity contribution in [3.63, 3.8) is 0 Å². The summed E-state index contributed by atoms with van der Waals surface area (Å²) >= 11 is 0. The van der Waals surface area contributed by atoms with Crippen LogP contribution < -0.4 is 5.32 Å². The van der Waals surface area contributed by atoms with Gasteiger partial charge >= 0.3 is 7.82 Å². The highest BCUT2D eigenvalue weighted by atomic mass is 31.2. The molecule has 8 nitrogen and oxygen atoms in total. The van der Waals surface area contributed by atoms with Crippen LogP contribution in [0.3, 0.4) is 0 Å². The van der Waals surface area contributed by atoms with Gasteiger partial charge in [-0.15, -0.1) is 0 Å². The Bertz CT molecular complexity index is 773. The van der Waals surface area contributed by atoms with Crippen molar-refractivity contribution in [2.75, 3.05) is 40.9 Å². The molecule has 0 aromatic carbocycles. The summed E-state index contributed by atoms with van der Waals surface area (Å²) in [6.45, 7) is 4.68. The lowest BCUT2D eigenvalue weighted by Gasteiger charge is -2.25. The molecule has 0 aromatic rings. The Balaban J connectivity index is 4.20. The minimum atomic E-state index is -4.31. The Morgan fingerprint density at radius 3 is 1.61 bits per heavy atom. The van der Waals surface area contributed by atoms with E-state index in [1.807, 2.05) is 27.2 Å². The molecular weight excluding hydrogens is 599 g/mol. The number of unbranched alkanes of at least 4 members (excludes halogenated alkanes) is 21. The van der Waals surface area contributed by atoms with Crippen molar-refractivity contribution in [3.05, 3.63) is 12.2 Å². The van der Waals surface area contributed by atoms with Gasteiger partial charge in [-0.3, -0.25) is 13.8 Å². The van der Waals surface area contributed by atoms with E-state index in [1.54, 1.807) is 6.08 Å². The number of hydrogen-bond donors (Lipinski definition) is 3. The van der Waals surface area contributed by atoms with Gasteiger partial charge in [0.15, 0.2) is 0 Å². The molecule has 3 N–H and O–H groups in total. The van der Waals surface area contributed by atoms with Crippen LogP contribution in [0, 0.1) is 0 Å². The highest BCUT2D eigenvalue weighted by Gasteiger charge is 2.27. The summed E-state index contributed by atoms with van der Waals surface area (Å²) in [6.07, 6.45) is 31.9. The molecule has 0 bridgehead atoms. The highest BCUT2D eigenvalue weighted by Crippen LogP contribution is 2.43. The highest BCUT2D eigenvalue weighted by molar-refractivity contribution is 7.47. The van der Waals surface area contributed by atoms with Gasteiger partial charge in [0.25, 0.3) is 0 Å². The Hall–Kier alpha value is -0.760. The summed E-state index contributed by atoms with van der Waals surface area (Å²) in [5.74, 6) is -0.195. The summed E-state index contributed by atoms with van der Waals surface area (Å²) in [4.78, 5) is 22.6. The van der Waals surface area contributed by atoms with Crippen LogP contribution >= 0.6 is 7.82 Å². The third-order valence-electron chi connectivity index (χ3n) is 8.51. The summed E-state index contributed by atoms with van der Waals surface area (Å²) in [6, 6.07) is -0.835. The number of nitrogens with one attached hydrogen (secondary N) is 1. The number of nitrogens with zero attached hydrogens (tertiary/aromatic N) is 1. The smallest absolute Gasteiger partial charge is 0.387 e. The van der Waals surface area contributed by atoms with E-state index in [0.29, 0.717) is 17.4 Å². The molecule has 0 fully saturated rings. The predicted octanol–water partition coefficient (Wildman–Crippen LogP) is 9.63. The average molecular weight is 676 g/mol. The third kappa shape index (κ3) is 31.8. The number of rotatable bonds is 34. The molecule has 0 aromatic heterocycles. The van der Waals surface area contributed by atoms with E-state index < -0.39 is 20.0 Å². The molecule has 0 saturated carbocycles. The number of amides is 1. The number of phosphoric ester groups is 1. The van der Waals surface area contributed by atoms with E-state index in [4.69, 9.17) is 9.05 Å². The van der Waals surface area contributed by atoms with Crippen molar-refractivity contribution in [2.45, 2.75) is 180 Å². The quantitative estimate of drug-likeness (QED) is 0.0272. The lowest BCUT2D eigenvalue weighted by molar-refractivity contribution is -0.870. The zero-order valence-corrected chi connectivity index (χ0v) is 31.7. The molecule has 0 aliphatic heterocycles. The van der Waals surface area contributed by atoms with Crippen LogP contribution in [0.25, 0.3) is 0 Å². The van der Waals surface area contributed by atoms with Gasteiger partial charge in [0.05, 0.1) is 39.9 Å².